The Morgan fingerprint density at radius 1 is 1.28 bits per heavy atom. The number of primary amides is 1. The number of aliphatic imine (C=N–C) groups is 1. The average Bonchev–Trinajstić information content (AvgIpc) is 3.31. The van der Waals surface area contributed by atoms with Gasteiger partial charge in [-0.05, 0) is 48.9 Å². The summed E-state index contributed by atoms with van der Waals surface area (Å²) in [6.07, 6.45) is 1.94. The van der Waals surface area contributed by atoms with Crippen molar-refractivity contribution in [2.75, 3.05) is 26.2 Å². The molecule has 2 aromatic rings. The summed E-state index contributed by atoms with van der Waals surface area (Å²) < 4.78 is 0. The van der Waals surface area contributed by atoms with E-state index < -0.39 is 0 Å². The molecule has 1 aromatic carbocycles. The Morgan fingerprint density at radius 3 is 2.81 bits per heavy atom. The number of guanidine groups is 1. The molecule has 176 valence electrons. The number of nitrogens with two attached hydrogens (primary N) is 1. The summed E-state index contributed by atoms with van der Waals surface area (Å²) in [5.74, 6) is 1.09. The van der Waals surface area contributed by atoms with Gasteiger partial charge in [-0.25, -0.2) is 4.99 Å². The van der Waals surface area contributed by atoms with Crippen molar-refractivity contribution in [2.45, 2.75) is 45.7 Å². The van der Waals surface area contributed by atoms with E-state index in [0.717, 1.165) is 51.5 Å². The van der Waals surface area contributed by atoms with Crippen LogP contribution in [0.25, 0.3) is 0 Å². The highest BCUT2D eigenvalue weighted by molar-refractivity contribution is 14.0. The fourth-order valence-electron chi connectivity index (χ4n) is 3.95. The molecule has 32 heavy (non-hydrogen) atoms. The predicted octanol–water partition coefficient (Wildman–Crippen LogP) is 3.92. The second-order valence-electron chi connectivity index (χ2n) is 8.29. The minimum Gasteiger partial charge on any atom is -0.369 e. The number of piperidine rings is 1. The van der Waals surface area contributed by atoms with Crippen LogP contribution in [0.15, 0.2) is 46.8 Å². The van der Waals surface area contributed by atoms with Crippen LogP contribution in [-0.2, 0) is 17.9 Å². The molecular formula is C24H36IN5OS. The zero-order valence-corrected chi connectivity index (χ0v) is 22.2. The van der Waals surface area contributed by atoms with Crippen molar-refractivity contribution >= 4 is 47.2 Å². The Bertz CT molecular complexity index is 858. The van der Waals surface area contributed by atoms with Gasteiger partial charge in [-0.3, -0.25) is 9.69 Å². The number of hydrogen-bond donors (Lipinski definition) is 3. The summed E-state index contributed by atoms with van der Waals surface area (Å²) in [6.45, 7) is 9.24. The first kappa shape index (κ1) is 26.6. The van der Waals surface area contributed by atoms with Crippen molar-refractivity contribution in [3.63, 3.8) is 0 Å². The quantitative estimate of drug-likeness (QED) is 0.243. The van der Waals surface area contributed by atoms with E-state index in [1.54, 1.807) is 11.3 Å². The number of amides is 1. The highest BCUT2D eigenvalue weighted by atomic mass is 127. The normalized spacial score (nSPS) is 17.9. The minimum atomic E-state index is -0.176. The van der Waals surface area contributed by atoms with Gasteiger partial charge < -0.3 is 16.4 Å². The van der Waals surface area contributed by atoms with Gasteiger partial charge >= 0.3 is 0 Å². The van der Waals surface area contributed by atoms with Crippen LogP contribution in [-0.4, -0.2) is 42.9 Å². The molecule has 3 rings (SSSR count). The SMILES string of the molecule is CCNC(=NCc1cccc(CN2CCCC(C(N)=O)C2)c1)NCC(C)c1cccs1.I. The monoisotopic (exact) mass is 569 g/mol. The molecule has 2 unspecified atom stereocenters. The molecule has 1 aliphatic heterocycles. The van der Waals surface area contributed by atoms with E-state index in [1.165, 1.54) is 16.0 Å². The van der Waals surface area contributed by atoms with Crippen LogP contribution in [0.1, 0.15) is 48.6 Å². The van der Waals surface area contributed by atoms with Gasteiger partial charge in [0.2, 0.25) is 5.91 Å². The van der Waals surface area contributed by atoms with Gasteiger partial charge in [-0.2, -0.15) is 0 Å². The minimum absolute atomic E-state index is 0. The molecule has 1 aromatic heterocycles. The van der Waals surface area contributed by atoms with Crippen LogP contribution in [0.5, 0.6) is 0 Å². The first-order chi connectivity index (χ1) is 15.0. The number of hydrogen-bond acceptors (Lipinski definition) is 4. The van der Waals surface area contributed by atoms with Crippen molar-refractivity contribution in [3.05, 3.63) is 57.8 Å². The van der Waals surface area contributed by atoms with E-state index in [4.69, 9.17) is 10.7 Å². The number of nitrogens with zero attached hydrogens (tertiary/aromatic N) is 2. The van der Waals surface area contributed by atoms with E-state index in [9.17, 15) is 4.79 Å². The van der Waals surface area contributed by atoms with Crippen molar-refractivity contribution in [1.82, 2.24) is 15.5 Å². The lowest BCUT2D eigenvalue weighted by atomic mass is 9.97. The van der Waals surface area contributed by atoms with Crippen LogP contribution >= 0.6 is 35.3 Å². The smallest absolute Gasteiger partial charge is 0.221 e. The zero-order chi connectivity index (χ0) is 22.1. The maximum atomic E-state index is 11.5. The molecule has 4 N–H and O–H groups in total. The van der Waals surface area contributed by atoms with E-state index in [1.807, 2.05) is 0 Å². The highest BCUT2D eigenvalue weighted by Gasteiger charge is 2.23. The number of nitrogens with one attached hydrogen (secondary N) is 2. The Labute approximate surface area is 213 Å². The van der Waals surface area contributed by atoms with Crippen LogP contribution < -0.4 is 16.4 Å². The molecule has 0 radical (unpaired) electrons. The molecular weight excluding hydrogens is 533 g/mol. The maximum absolute atomic E-state index is 11.5. The van der Waals surface area contributed by atoms with Gasteiger partial charge in [-0.1, -0.05) is 37.3 Å². The number of thiophene rings is 1. The van der Waals surface area contributed by atoms with Gasteiger partial charge in [0.15, 0.2) is 5.96 Å². The Morgan fingerprint density at radius 2 is 2.09 bits per heavy atom. The van der Waals surface area contributed by atoms with Crippen LogP contribution in [0.4, 0.5) is 0 Å². The summed E-state index contributed by atoms with van der Waals surface area (Å²) in [5.41, 5.74) is 7.96. The number of halogens is 1. The predicted molar refractivity (Wildman–Crippen MR) is 145 cm³/mol. The lowest BCUT2D eigenvalue weighted by Gasteiger charge is -2.31. The first-order valence-electron chi connectivity index (χ1n) is 11.2. The van der Waals surface area contributed by atoms with Crippen molar-refractivity contribution in [2.24, 2.45) is 16.6 Å². The molecule has 0 aliphatic carbocycles. The lowest BCUT2D eigenvalue weighted by Crippen LogP contribution is -2.40. The Kier molecular flexibility index (Phi) is 11.5. The summed E-state index contributed by atoms with van der Waals surface area (Å²) in [6, 6.07) is 12.9. The molecule has 8 heteroatoms. The highest BCUT2D eigenvalue weighted by Crippen LogP contribution is 2.20. The number of carbonyl (C=O) groups is 1. The topological polar surface area (TPSA) is 82.8 Å². The fraction of sp³-hybridized carbons (Fsp3) is 0.500. The first-order valence-corrected chi connectivity index (χ1v) is 12.1. The number of carbonyl (C=O) groups excluding carboxylic acids is 1. The maximum Gasteiger partial charge on any atom is 0.221 e. The summed E-state index contributed by atoms with van der Waals surface area (Å²) in [5, 5.41) is 8.93. The van der Waals surface area contributed by atoms with Crippen LogP contribution in [0.2, 0.25) is 0 Å². The second kappa shape index (κ2) is 13.8. The molecule has 1 saturated heterocycles. The third-order valence-corrected chi connectivity index (χ3v) is 6.78. The second-order valence-corrected chi connectivity index (χ2v) is 9.27. The third-order valence-electron chi connectivity index (χ3n) is 5.67. The van der Waals surface area contributed by atoms with Gasteiger partial charge in [0.1, 0.15) is 0 Å². The van der Waals surface area contributed by atoms with Crippen LogP contribution in [0, 0.1) is 5.92 Å². The number of rotatable bonds is 9. The van der Waals surface area contributed by atoms with Crippen molar-refractivity contribution in [1.29, 1.82) is 0 Å². The van der Waals surface area contributed by atoms with Crippen LogP contribution in [0.3, 0.4) is 0 Å². The molecule has 1 aliphatic rings. The Balaban J connectivity index is 0.00000363. The van der Waals surface area contributed by atoms with Gasteiger partial charge in [0, 0.05) is 37.0 Å². The molecule has 0 spiro atoms. The molecule has 6 nitrogen and oxygen atoms in total. The zero-order valence-electron chi connectivity index (χ0n) is 19.0. The molecule has 2 atom stereocenters. The average molecular weight is 570 g/mol. The van der Waals surface area contributed by atoms with E-state index in [2.05, 4.69) is 71.2 Å². The Hall–Kier alpha value is -1.65. The van der Waals surface area contributed by atoms with Crippen molar-refractivity contribution in [3.8, 4) is 0 Å². The molecule has 2 heterocycles. The molecule has 0 saturated carbocycles. The summed E-state index contributed by atoms with van der Waals surface area (Å²) in [4.78, 5) is 20.0. The van der Waals surface area contributed by atoms with E-state index in [-0.39, 0.29) is 35.8 Å². The molecule has 1 fully saturated rings. The largest absolute Gasteiger partial charge is 0.369 e. The molecule has 1 amide bonds. The number of benzene rings is 1. The molecule has 0 bridgehead atoms. The fourth-order valence-corrected chi connectivity index (χ4v) is 4.74. The van der Waals surface area contributed by atoms with Gasteiger partial charge in [0.05, 0.1) is 12.5 Å². The standard InChI is InChI=1S/C24H35N5OS.HI/c1-3-26-24(27-14-18(2)22-10-6-12-31-22)28-15-19-7-4-8-20(13-19)16-29-11-5-9-21(17-29)23(25)30;/h4,6-8,10,12-13,18,21H,3,5,9,11,14-17H2,1-2H3,(H2,25,30)(H2,26,27,28);1H. The summed E-state index contributed by atoms with van der Waals surface area (Å²) in [7, 11) is 0. The van der Waals surface area contributed by atoms with Crippen molar-refractivity contribution < 1.29 is 4.79 Å². The van der Waals surface area contributed by atoms with Gasteiger partial charge in [-0.15, -0.1) is 35.3 Å². The van der Waals surface area contributed by atoms with E-state index >= 15 is 0 Å². The van der Waals surface area contributed by atoms with E-state index in [0.29, 0.717) is 12.5 Å². The lowest BCUT2D eigenvalue weighted by molar-refractivity contribution is -0.123. The third kappa shape index (κ3) is 8.37. The number of likely N-dealkylation sites (tertiary alicyclic amines) is 1. The van der Waals surface area contributed by atoms with Gasteiger partial charge in [0.25, 0.3) is 0 Å². The summed E-state index contributed by atoms with van der Waals surface area (Å²) >= 11 is 1.79.